The van der Waals surface area contributed by atoms with Crippen LogP contribution in [0, 0.1) is 0 Å². The van der Waals surface area contributed by atoms with E-state index in [1.807, 2.05) is 30.3 Å². The first kappa shape index (κ1) is 12.2. The van der Waals surface area contributed by atoms with Crippen molar-refractivity contribution in [3.63, 3.8) is 0 Å². The Morgan fingerprint density at radius 3 is 2.50 bits per heavy atom. The second-order valence-electron chi connectivity index (χ2n) is 4.06. The maximum absolute atomic E-state index is 12.3. The highest BCUT2D eigenvalue weighted by Crippen LogP contribution is 2.42. The molecule has 1 saturated heterocycles. The molecule has 1 aliphatic heterocycles. The number of sulfonamides is 1. The average molecular weight is 300 g/mol. The van der Waals surface area contributed by atoms with Crippen LogP contribution in [0.25, 0.3) is 0 Å². The van der Waals surface area contributed by atoms with Crippen molar-refractivity contribution < 1.29 is 8.42 Å². The van der Waals surface area contributed by atoms with Crippen LogP contribution in [-0.4, -0.2) is 19.3 Å². The number of thiophene rings is 1. The first-order chi connectivity index (χ1) is 8.59. The van der Waals surface area contributed by atoms with Crippen molar-refractivity contribution >= 4 is 33.0 Å². The van der Waals surface area contributed by atoms with Gasteiger partial charge in [-0.25, -0.2) is 8.42 Å². The highest BCUT2D eigenvalue weighted by atomic mass is 35.5. The van der Waals surface area contributed by atoms with E-state index in [1.54, 1.807) is 12.1 Å². The minimum Gasteiger partial charge on any atom is -0.206 e. The summed E-state index contributed by atoms with van der Waals surface area (Å²) in [5.74, 6) is 0. The molecule has 3 nitrogen and oxygen atoms in total. The normalized spacial score (nSPS) is 22.9. The van der Waals surface area contributed by atoms with Gasteiger partial charge < -0.3 is 0 Å². The van der Waals surface area contributed by atoms with Crippen LogP contribution in [0.2, 0.25) is 4.34 Å². The summed E-state index contributed by atoms with van der Waals surface area (Å²) in [6.45, 7) is 0.544. The first-order valence-corrected chi connectivity index (χ1v) is 8.04. The topological polar surface area (TPSA) is 37.1 Å². The van der Waals surface area contributed by atoms with Crippen LogP contribution in [0.3, 0.4) is 0 Å². The molecular formula is C12H10ClNO2S2. The molecule has 1 aromatic heterocycles. The molecule has 3 rings (SSSR count). The lowest BCUT2D eigenvalue weighted by Crippen LogP contribution is -2.11. The lowest BCUT2D eigenvalue weighted by atomic mass is 10.2. The minimum atomic E-state index is -3.37. The third-order valence-electron chi connectivity index (χ3n) is 2.86. The lowest BCUT2D eigenvalue weighted by Gasteiger charge is -2.03. The first-order valence-electron chi connectivity index (χ1n) is 5.41. The Hall–Kier alpha value is -0.880. The van der Waals surface area contributed by atoms with Gasteiger partial charge in [-0.2, -0.15) is 4.31 Å². The summed E-state index contributed by atoms with van der Waals surface area (Å²) < 4.78 is 26.8. The van der Waals surface area contributed by atoms with E-state index in [0.29, 0.717) is 15.1 Å². The minimum absolute atomic E-state index is 0.0305. The molecule has 0 spiro atoms. The second-order valence-corrected chi connectivity index (χ2v) is 7.89. The summed E-state index contributed by atoms with van der Waals surface area (Å²) in [6.07, 6.45) is 0. The zero-order valence-electron chi connectivity index (χ0n) is 9.28. The van der Waals surface area contributed by atoms with Crippen molar-refractivity contribution in [1.29, 1.82) is 0 Å². The SMILES string of the molecule is O=S(=O)(c1ccc(Cl)s1)N1C[C@@H]1c1ccccc1. The molecule has 0 radical (unpaired) electrons. The molecule has 0 bridgehead atoms. The van der Waals surface area contributed by atoms with Crippen molar-refractivity contribution in [2.24, 2.45) is 0 Å². The van der Waals surface area contributed by atoms with Crippen LogP contribution in [0.15, 0.2) is 46.7 Å². The number of hydrogen-bond donors (Lipinski definition) is 0. The molecule has 0 amide bonds. The largest absolute Gasteiger partial charge is 0.253 e. The van der Waals surface area contributed by atoms with Crippen molar-refractivity contribution in [2.75, 3.05) is 6.54 Å². The van der Waals surface area contributed by atoms with Gasteiger partial charge in [0.15, 0.2) is 0 Å². The van der Waals surface area contributed by atoms with Gasteiger partial charge in [-0.15, -0.1) is 11.3 Å². The average Bonchev–Trinajstić information content (AvgIpc) is 3.07. The van der Waals surface area contributed by atoms with E-state index in [0.717, 1.165) is 16.9 Å². The molecule has 2 atom stereocenters. The van der Waals surface area contributed by atoms with E-state index in [9.17, 15) is 8.42 Å². The molecular weight excluding hydrogens is 290 g/mol. The number of rotatable bonds is 3. The van der Waals surface area contributed by atoms with E-state index in [1.165, 1.54) is 4.31 Å². The zero-order chi connectivity index (χ0) is 12.8. The summed E-state index contributed by atoms with van der Waals surface area (Å²) in [4.78, 5) is 0. The van der Waals surface area contributed by atoms with E-state index < -0.39 is 10.0 Å². The highest BCUT2D eigenvalue weighted by molar-refractivity contribution is 7.91. The van der Waals surface area contributed by atoms with E-state index in [4.69, 9.17) is 11.6 Å². The lowest BCUT2D eigenvalue weighted by molar-refractivity contribution is 0.556. The number of hydrogen-bond acceptors (Lipinski definition) is 3. The molecule has 18 heavy (non-hydrogen) atoms. The summed E-state index contributed by atoms with van der Waals surface area (Å²) in [5.41, 5.74) is 1.03. The van der Waals surface area contributed by atoms with E-state index in [-0.39, 0.29) is 6.04 Å². The molecule has 0 N–H and O–H groups in total. The maximum atomic E-state index is 12.3. The van der Waals surface area contributed by atoms with Crippen LogP contribution in [-0.2, 0) is 10.0 Å². The number of halogens is 1. The van der Waals surface area contributed by atoms with Gasteiger partial charge >= 0.3 is 0 Å². The van der Waals surface area contributed by atoms with Gasteiger partial charge in [0.1, 0.15) is 4.21 Å². The quantitative estimate of drug-likeness (QED) is 0.817. The third-order valence-corrected chi connectivity index (χ3v) is 6.44. The van der Waals surface area contributed by atoms with Gasteiger partial charge in [-0.1, -0.05) is 41.9 Å². The predicted molar refractivity (Wildman–Crippen MR) is 72.4 cm³/mol. The summed E-state index contributed by atoms with van der Waals surface area (Å²) >= 11 is 6.88. The fourth-order valence-corrected chi connectivity index (χ4v) is 5.04. The van der Waals surface area contributed by atoms with Crippen LogP contribution < -0.4 is 0 Å². The Morgan fingerprint density at radius 2 is 1.89 bits per heavy atom. The van der Waals surface area contributed by atoms with Crippen molar-refractivity contribution in [2.45, 2.75) is 10.3 Å². The summed E-state index contributed by atoms with van der Waals surface area (Å²) in [5, 5.41) is 0. The number of nitrogens with zero attached hydrogens (tertiary/aromatic N) is 1. The van der Waals surface area contributed by atoms with Gasteiger partial charge in [0.25, 0.3) is 10.0 Å². The molecule has 1 aromatic carbocycles. The fourth-order valence-electron chi connectivity index (χ4n) is 1.89. The Labute approximate surface area is 115 Å². The zero-order valence-corrected chi connectivity index (χ0v) is 11.7. The summed E-state index contributed by atoms with van der Waals surface area (Å²) in [6, 6.07) is 12.8. The van der Waals surface area contributed by atoms with Crippen molar-refractivity contribution in [3.05, 3.63) is 52.4 Å². The molecule has 0 aliphatic carbocycles. The fraction of sp³-hybridized carbons (Fsp3) is 0.167. The molecule has 1 fully saturated rings. The Morgan fingerprint density at radius 1 is 1.17 bits per heavy atom. The molecule has 2 heterocycles. The van der Waals surface area contributed by atoms with Crippen molar-refractivity contribution in [3.8, 4) is 0 Å². The van der Waals surface area contributed by atoms with Crippen molar-refractivity contribution in [1.82, 2.24) is 4.31 Å². The molecule has 0 saturated carbocycles. The number of benzene rings is 1. The summed E-state index contributed by atoms with van der Waals surface area (Å²) in [7, 11) is -3.37. The Balaban J connectivity index is 1.86. The monoisotopic (exact) mass is 299 g/mol. The molecule has 1 aliphatic rings. The van der Waals surface area contributed by atoms with Crippen LogP contribution in [0.5, 0.6) is 0 Å². The molecule has 2 aromatic rings. The molecule has 94 valence electrons. The third kappa shape index (κ3) is 2.07. The second kappa shape index (κ2) is 4.35. The van der Waals surface area contributed by atoms with Gasteiger partial charge in [0, 0.05) is 6.54 Å². The predicted octanol–water partition coefficient (Wildman–Crippen LogP) is 3.15. The molecule has 1 unspecified atom stereocenters. The maximum Gasteiger partial charge on any atom is 0.253 e. The van der Waals surface area contributed by atoms with Crippen LogP contribution in [0.1, 0.15) is 11.6 Å². The van der Waals surface area contributed by atoms with Gasteiger partial charge in [-0.05, 0) is 17.7 Å². The Bertz CT molecular complexity index is 666. The van der Waals surface area contributed by atoms with Crippen LogP contribution in [0.4, 0.5) is 0 Å². The van der Waals surface area contributed by atoms with Gasteiger partial charge in [-0.3, -0.25) is 0 Å². The molecule has 6 heteroatoms. The van der Waals surface area contributed by atoms with Crippen LogP contribution >= 0.6 is 22.9 Å². The highest BCUT2D eigenvalue weighted by Gasteiger charge is 2.45. The Kier molecular flexibility index (Phi) is 2.94. The van der Waals surface area contributed by atoms with E-state index >= 15 is 0 Å². The van der Waals surface area contributed by atoms with E-state index in [2.05, 4.69) is 0 Å². The standard InChI is InChI=1S/C12H10ClNO2S2/c13-11-6-7-12(17-11)18(15,16)14-8-10(14)9-4-2-1-3-5-9/h1-7,10H,8H2/t10-,14?/m1/s1. The van der Waals surface area contributed by atoms with Gasteiger partial charge in [0.2, 0.25) is 0 Å². The van der Waals surface area contributed by atoms with Gasteiger partial charge in [0.05, 0.1) is 10.4 Å². The smallest absolute Gasteiger partial charge is 0.206 e.